The molecule has 3 saturated heterocycles. The van der Waals surface area contributed by atoms with Gasteiger partial charge in [0.25, 0.3) is 0 Å². The average molecular weight is 1010 g/mol. The molecule has 1 amide bonds. The maximum absolute atomic E-state index is 15.1. The summed E-state index contributed by atoms with van der Waals surface area (Å²) in [6.07, 6.45) is -4.92. The van der Waals surface area contributed by atoms with E-state index in [1.54, 1.807) is 91.1 Å². The van der Waals surface area contributed by atoms with Crippen LogP contribution in [0, 0.1) is 23.7 Å². The molecule has 18 nitrogen and oxygen atoms in total. The highest BCUT2D eigenvalue weighted by Crippen LogP contribution is 2.44. The van der Waals surface area contributed by atoms with E-state index in [9.17, 15) is 27.9 Å². The van der Waals surface area contributed by atoms with E-state index in [4.69, 9.17) is 28.4 Å². The molecule has 2 aromatic carbocycles. The molecule has 0 spiro atoms. The van der Waals surface area contributed by atoms with Crippen molar-refractivity contribution in [2.45, 2.75) is 146 Å². The largest absolute Gasteiger partial charge is 0.461 e. The number of rotatable bonds is 14. The molecule has 392 valence electrons. The van der Waals surface area contributed by atoms with Gasteiger partial charge in [-0.25, -0.2) is 17.9 Å². The summed E-state index contributed by atoms with van der Waals surface area (Å²) in [5.74, 6) is -5.54. The topological polar surface area (TPSA) is 213 Å². The van der Waals surface area contributed by atoms with Gasteiger partial charge in [-0.05, 0) is 85.3 Å². The molecule has 2 N–H and O–H groups in total. The van der Waals surface area contributed by atoms with Crippen molar-refractivity contribution < 1.29 is 61.1 Å². The number of carbonyl (C=O) groups excluding carboxylic acids is 4. The van der Waals surface area contributed by atoms with E-state index >= 15 is 4.79 Å². The van der Waals surface area contributed by atoms with Gasteiger partial charge in [0, 0.05) is 80.7 Å². The quantitative estimate of drug-likeness (QED) is 0.154. The predicted octanol–water partition coefficient (Wildman–Crippen LogP) is 5.37. The number of amides is 1. The number of anilines is 1. The Hall–Kier alpha value is -4.76. The summed E-state index contributed by atoms with van der Waals surface area (Å²) in [5.41, 5.74) is -1.73. The highest BCUT2D eigenvalue weighted by Gasteiger charge is 2.60. The van der Waals surface area contributed by atoms with Crippen molar-refractivity contribution in [3.05, 3.63) is 66.5 Å². The Morgan fingerprint density at radius 2 is 1.65 bits per heavy atom. The number of hydrogen-bond acceptors (Lipinski definition) is 16. The van der Waals surface area contributed by atoms with Crippen LogP contribution in [0.5, 0.6) is 0 Å². The van der Waals surface area contributed by atoms with Crippen molar-refractivity contribution in [1.82, 2.24) is 19.5 Å². The molecule has 1 aromatic heterocycles. The fourth-order valence-corrected chi connectivity index (χ4v) is 12.4. The second-order valence-corrected chi connectivity index (χ2v) is 22.2. The van der Waals surface area contributed by atoms with Crippen molar-refractivity contribution in [3.63, 3.8) is 0 Å². The molecule has 0 saturated carbocycles. The van der Waals surface area contributed by atoms with Crippen molar-refractivity contribution >= 4 is 50.3 Å². The number of fused-ring (bicyclic) bond motifs is 2. The molecule has 0 aliphatic carbocycles. The lowest BCUT2D eigenvalue weighted by molar-refractivity contribution is -0.301. The first-order valence-corrected chi connectivity index (χ1v) is 26.1. The summed E-state index contributed by atoms with van der Waals surface area (Å²) in [4.78, 5) is 67.5. The zero-order valence-electron chi connectivity index (χ0n) is 43.5. The number of cyclic esters (lactones) is 1. The van der Waals surface area contributed by atoms with Gasteiger partial charge in [0.1, 0.15) is 24.1 Å². The number of ether oxygens (including phenoxy) is 6. The Bertz CT molecular complexity index is 2480. The number of Topliss-reactive ketones (excluding diaryl/α,β-unsaturated/α-hetero) is 1. The zero-order chi connectivity index (χ0) is 52.3. The molecule has 14 atom stereocenters. The number of hydrogen-bond donors (Lipinski definition) is 2. The Labute approximate surface area is 419 Å². The summed E-state index contributed by atoms with van der Waals surface area (Å²) in [6, 6.07) is 14.2. The predicted molar refractivity (Wildman–Crippen MR) is 266 cm³/mol. The van der Waals surface area contributed by atoms with E-state index in [0.717, 1.165) is 11.1 Å². The van der Waals surface area contributed by atoms with Crippen molar-refractivity contribution in [1.29, 1.82) is 0 Å². The average Bonchev–Trinajstić information content (AvgIpc) is 3.59. The molecule has 0 radical (unpaired) electrons. The van der Waals surface area contributed by atoms with Crippen LogP contribution in [-0.2, 0) is 59.2 Å². The molecular formula is C52H75N5O13S. The fraction of sp³-hybridized carbons (Fsp3) is 0.635. The molecule has 0 unspecified atom stereocenters. The van der Waals surface area contributed by atoms with Gasteiger partial charge in [-0.1, -0.05) is 58.0 Å². The van der Waals surface area contributed by atoms with E-state index in [0.29, 0.717) is 17.5 Å². The van der Waals surface area contributed by atoms with Crippen LogP contribution in [0.25, 0.3) is 10.8 Å². The van der Waals surface area contributed by atoms with Crippen molar-refractivity contribution in [2.75, 3.05) is 53.3 Å². The maximum Gasteiger partial charge on any atom is 0.410 e. The van der Waals surface area contributed by atoms with Crippen LogP contribution in [-0.4, -0.2) is 161 Å². The van der Waals surface area contributed by atoms with Crippen LogP contribution in [0.1, 0.15) is 80.3 Å². The SMILES string of the molecule is CC[C@H]1OC(=O)[C@H](C)[C@H](OC(=O)Cc2ccccn2)[C@@H](C)[C@@H](O[C@@H]2O[C@H](C)C[C@H](N(C)C)[C@H]2O)[C@](C)(OC)C[C@@H](C)C(=O)[C@H](C)[C@@H]2N(CCNS(=O)(=O)c3cccc4c(N(C)C)cccc34)C(=O)O[C@@]21C. The minimum absolute atomic E-state index is 0.0282. The number of carbonyl (C=O) groups is 4. The molecule has 3 aliphatic heterocycles. The molecule has 3 aliphatic rings. The van der Waals surface area contributed by atoms with Crippen molar-refractivity contribution in [3.8, 4) is 0 Å². The van der Waals surface area contributed by atoms with Gasteiger partial charge in [-0.15, -0.1) is 0 Å². The summed E-state index contributed by atoms with van der Waals surface area (Å²) in [6.45, 7) is 13.4. The molecule has 19 heteroatoms. The highest BCUT2D eigenvalue weighted by atomic mass is 32.2. The standard InChI is InChI=1S/C52H75N5O13S/c1-14-41-52(8)46(57(50(62)70-52)26-25-54-71(63,64)40-23-18-20-36-37(40)21-17-22-38(36)55(9)10)32(4)43(59)30(2)29-51(7,65-13)47(69-49-44(60)39(56(11)12)27-31(3)66-49)33(5)45(34(6)48(61)67-41)68-42(58)28-35-19-15-16-24-53-35/h15-24,30-34,39,41,44-47,49,54,60H,14,25-29H2,1-13H3/t30-,31-,32+,33-,34-,39+,41-,44-,45-,46+,47-,49+,51-,52-/m1/s1. The first-order valence-electron chi connectivity index (χ1n) is 24.6. The van der Waals surface area contributed by atoms with E-state index in [1.165, 1.54) is 18.1 Å². The Morgan fingerprint density at radius 3 is 2.28 bits per heavy atom. The van der Waals surface area contributed by atoms with E-state index in [-0.39, 0.29) is 55.2 Å². The second-order valence-electron chi connectivity index (χ2n) is 20.5. The summed E-state index contributed by atoms with van der Waals surface area (Å²) >= 11 is 0. The van der Waals surface area contributed by atoms with E-state index in [2.05, 4.69) is 9.71 Å². The van der Waals surface area contributed by atoms with Gasteiger partial charge >= 0.3 is 18.0 Å². The lowest BCUT2D eigenvalue weighted by Gasteiger charge is -2.48. The number of sulfonamides is 1. The number of esters is 2. The first-order chi connectivity index (χ1) is 33.4. The lowest BCUT2D eigenvalue weighted by atomic mass is 9.73. The minimum atomic E-state index is -4.14. The summed E-state index contributed by atoms with van der Waals surface area (Å²) in [7, 11) is 4.80. The lowest BCUT2D eigenvalue weighted by Crippen LogP contribution is -2.61. The molecule has 0 bridgehead atoms. The number of nitrogens with one attached hydrogen (secondary N) is 1. The van der Waals surface area contributed by atoms with Gasteiger partial charge in [0.15, 0.2) is 11.9 Å². The van der Waals surface area contributed by atoms with Crippen molar-refractivity contribution in [2.24, 2.45) is 23.7 Å². The van der Waals surface area contributed by atoms with Gasteiger partial charge < -0.3 is 43.3 Å². The number of ketones is 1. The number of aromatic nitrogens is 1. The van der Waals surface area contributed by atoms with Gasteiger partial charge in [0.05, 0.1) is 46.8 Å². The van der Waals surface area contributed by atoms with Crippen LogP contribution in [0.3, 0.4) is 0 Å². The molecule has 3 aromatic rings. The number of pyridine rings is 1. The third-order valence-corrected chi connectivity index (χ3v) is 16.5. The number of benzene rings is 2. The van der Waals surface area contributed by atoms with Crippen LogP contribution in [0.4, 0.5) is 10.5 Å². The Morgan fingerprint density at radius 1 is 0.958 bits per heavy atom. The molecule has 71 heavy (non-hydrogen) atoms. The van der Waals surface area contributed by atoms with Gasteiger partial charge in [-0.2, -0.15) is 0 Å². The summed E-state index contributed by atoms with van der Waals surface area (Å²) < 4.78 is 69.2. The van der Waals surface area contributed by atoms with Crippen LogP contribution < -0.4 is 9.62 Å². The fourth-order valence-electron chi connectivity index (χ4n) is 11.2. The number of likely N-dealkylation sites (N-methyl/N-ethyl adjacent to an activating group) is 1. The minimum Gasteiger partial charge on any atom is -0.461 e. The number of nitrogens with zero attached hydrogens (tertiary/aromatic N) is 4. The molecular weight excluding hydrogens is 935 g/mol. The third kappa shape index (κ3) is 11.7. The normalized spacial score (nSPS) is 33.3. The van der Waals surface area contributed by atoms with E-state index < -0.39 is 99.7 Å². The molecule has 6 rings (SSSR count). The monoisotopic (exact) mass is 1010 g/mol. The number of aliphatic hydroxyl groups is 1. The van der Waals surface area contributed by atoms with Gasteiger partial charge in [-0.3, -0.25) is 24.3 Å². The van der Waals surface area contributed by atoms with Crippen LogP contribution in [0.15, 0.2) is 65.7 Å². The van der Waals surface area contributed by atoms with E-state index in [1.807, 2.05) is 57.0 Å². The Kier molecular flexibility index (Phi) is 17.7. The Balaban J connectivity index is 1.39. The number of aliphatic hydroxyl groups excluding tert-OH is 1. The van der Waals surface area contributed by atoms with Crippen LogP contribution in [0.2, 0.25) is 0 Å². The smallest absolute Gasteiger partial charge is 0.410 e. The number of methoxy groups -OCH3 is 1. The maximum atomic E-state index is 15.1. The third-order valence-electron chi connectivity index (χ3n) is 14.9. The van der Waals surface area contributed by atoms with Crippen LogP contribution >= 0.6 is 0 Å². The highest BCUT2D eigenvalue weighted by molar-refractivity contribution is 7.89. The summed E-state index contributed by atoms with van der Waals surface area (Å²) in [5, 5.41) is 13.0. The first kappa shape index (κ1) is 55.6. The molecule has 4 heterocycles. The zero-order valence-corrected chi connectivity index (χ0v) is 44.3. The second kappa shape index (κ2) is 22.6. The molecule has 3 fully saturated rings. The van der Waals surface area contributed by atoms with Gasteiger partial charge in [0.2, 0.25) is 10.0 Å².